The Labute approximate surface area is 125 Å². The van der Waals surface area contributed by atoms with Crippen molar-refractivity contribution in [3.05, 3.63) is 50.7 Å². The zero-order chi connectivity index (χ0) is 14.5. The van der Waals surface area contributed by atoms with Gasteiger partial charge in [-0.1, -0.05) is 24.6 Å². The number of rotatable bonds is 6. The molecule has 0 saturated carbocycles. The molecule has 20 heavy (non-hydrogen) atoms. The Kier molecular flexibility index (Phi) is 5.21. The molecule has 0 aliphatic rings. The fourth-order valence-corrected chi connectivity index (χ4v) is 3.20. The number of thiophene rings is 1. The summed E-state index contributed by atoms with van der Waals surface area (Å²) in [7, 11) is 0. The van der Waals surface area contributed by atoms with Gasteiger partial charge in [-0.25, -0.2) is 0 Å². The van der Waals surface area contributed by atoms with Crippen LogP contribution in [-0.2, 0) is 13.2 Å². The van der Waals surface area contributed by atoms with Gasteiger partial charge in [0.25, 0.3) is 0 Å². The maximum absolute atomic E-state index is 5.96. The van der Waals surface area contributed by atoms with Gasteiger partial charge in [0.05, 0.1) is 0 Å². The Morgan fingerprint density at radius 1 is 1.15 bits per heavy atom. The number of hydrogen-bond acceptors (Lipinski definition) is 3. The van der Waals surface area contributed by atoms with Crippen LogP contribution < -0.4 is 10.1 Å². The predicted octanol–water partition coefficient (Wildman–Crippen LogP) is 4.36. The summed E-state index contributed by atoms with van der Waals surface area (Å²) in [5, 5.41) is 3.36. The summed E-state index contributed by atoms with van der Waals surface area (Å²) in [5.74, 6) is 0.981. The zero-order valence-corrected chi connectivity index (χ0v) is 13.6. The van der Waals surface area contributed by atoms with Crippen LogP contribution in [0.15, 0.2) is 24.3 Å². The molecule has 0 unspecified atom stereocenters. The summed E-state index contributed by atoms with van der Waals surface area (Å²) < 4.78 is 5.96. The molecule has 3 heteroatoms. The monoisotopic (exact) mass is 289 g/mol. The highest BCUT2D eigenvalue weighted by molar-refractivity contribution is 7.12. The van der Waals surface area contributed by atoms with Crippen LogP contribution in [0.3, 0.4) is 0 Å². The molecule has 2 aromatic rings. The van der Waals surface area contributed by atoms with E-state index in [2.05, 4.69) is 57.3 Å². The van der Waals surface area contributed by atoms with E-state index in [4.69, 9.17) is 4.74 Å². The largest absolute Gasteiger partial charge is 0.489 e. The molecule has 1 heterocycles. The summed E-state index contributed by atoms with van der Waals surface area (Å²) in [5.41, 5.74) is 3.77. The van der Waals surface area contributed by atoms with E-state index in [-0.39, 0.29) is 0 Å². The lowest BCUT2D eigenvalue weighted by Gasteiger charge is -2.09. The van der Waals surface area contributed by atoms with Crippen LogP contribution in [0.2, 0.25) is 0 Å². The van der Waals surface area contributed by atoms with Crippen molar-refractivity contribution in [3.63, 3.8) is 0 Å². The standard InChI is InChI=1S/C17H23NOS/c1-5-18-10-16-9-15(14(4)20-16)11-19-17-7-6-12(2)8-13(17)3/h6-9,18H,5,10-11H2,1-4H3. The minimum Gasteiger partial charge on any atom is -0.489 e. The molecule has 1 aromatic heterocycles. The first-order valence-electron chi connectivity index (χ1n) is 7.09. The van der Waals surface area contributed by atoms with Gasteiger partial charge in [0.1, 0.15) is 12.4 Å². The lowest BCUT2D eigenvalue weighted by Crippen LogP contribution is -2.10. The van der Waals surface area contributed by atoms with Gasteiger partial charge in [-0.15, -0.1) is 11.3 Å². The Bertz CT molecular complexity index is 574. The fourth-order valence-electron chi connectivity index (χ4n) is 2.18. The van der Waals surface area contributed by atoms with E-state index >= 15 is 0 Å². The van der Waals surface area contributed by atoms with Crippen LogP contribution in [0, 0.1) is 20.8 Å². The number of hydrogen-bond donors (Lipinski definition) is 1. The maximum Gasteiger partial charge on any atom is 0.122 e. The van der Waals surface area contributed by atoms with Crippen LogP contribution in [0.1, 0.15) is 33.4 Å². The molecule has 2 nitrogen and oxygen atoms in total. The maximum atomic E-state index is 5.96. The minimum absolute atomic E-state index is 0.651. The van der Waals surface area contributed by atoms with Gasteiger partial charge in [0, 0.05) is 21.9 Å². The molecule has 0 aliphatic heterocycles. The molecule has 0 aliphatic carbocycles. The average molecular weight is 289 g/mol. The van der Waals surface area contributed by atoms with Crippen molar-refractivity contribution >= 4 is 11.3 Å². The Morgan fingerprint density at radius 3 is 2.65 bits per heavy atom. The fraction of sp³-hybridized carbons (Fsp3) is 0.412. The lowest BCUT2D eigenvalue weighted by atomic mass is 10.1. The highest BCUT2D eigenvalue weighted by atomic mass is 32.1. The second kappa shape index (κ2) is 6.91. The smallest absolute Gasteiger partial charge is 0.122 e. The van der Waals surface area contributed by atoms with Gasteiger partial charge < -0.3 is 10.1 Å². The van der Waals surface area contributed by atoms with E-state index < -0.39 is 0 Å². The van der Waals surface area contributed by atoms with Crippen LogP contribution in [0.5, 0.6) is 5.75 Å². The van der Waals surface area contributed by atoms with E-state index in [9.17, 15) is 0 Å². The number of ether oxygens (including phenoxy) is 1. The van der Waals surface area contributed by atoms with E-state index in [1.54, 1.807) is 0 Å². The molecule has 0 radical (unpaired) electrons. The van der Waals surface area contributed by atoms with Crippen molar-refractivity contribution < 1.29 is 4.74 Å². The SMILES string of the molecule is CCNCc1cc(COc2ccc(C)cc2C)c(C)s1. The second-order valence-electron chi connectivity index (χ2n) is 5.13. The molecule has 0 fully saturated rings. The van der Waals surface area contributed by atoms with Crippen molar-refractivity contribution in [2.45, 2.75) is 40.8 Å². The molecule has 0 bridgehead atoms. The molecular formula is C17H23NOS. The summed E-state index contributed by atoms with van der Waals surface area (Å²) in [4.78, 5) is 2.73. The second-order valence-corrected chi connectivity index (χ2v) is 6.47. The molecule has 2 rings (SSSR count). The first kappa shape index (κ1) is 15.1. The van der Waals surface area contributed by atoms with Crippen LogP contribution in [-0.4, -0.2) is 6.54 Å². The van der Waals surface area contributed by atoms with Gasteiger partial charge in [0.2, 0.25) is 0 Å². The Hall–Kier alpha value is -1.32. The van der Waals surface area contributed by atoms with Gasteiger partial charge in [-0.2, -0.15) is 0 Å². The molecule has 0 spiro atoms. The van der Waals surface area contributed by atoms with Gasteiger partial charge in [0.15, 0.2) is 0 Å². The zero-order valence-electron chi connectivity index (χ0n) is 12.7. The van der Waals surface area contributed by atoms with Crippen molar-refractivity contribution in [1.82, 2.24) is 5.32 Å². The molecule has 0 atom stereocenters. The topological polar surface area (TPSA) is 21.3 Å². The molecule has 0 saturated heterocycles. The highest BCUT2D eigenvalue weighted by Gasteiger charge is 2.07. The highest BCUT2D eigenvalue weighted by Crippen LogP contribution is 2.25. The van der Waals surface area contributed by atoms with Crippen molar-refractivity contribution in [1.29, 1.82) is 0 Å². The quantitative estimate of drug-likeness (QED) is 0.853. The van der Waals surface area contributed by atoms with Crippen LogP contribution in [0.4, 0.5) is 0 Å². The van der Waals surface area contributed by atoms with Crippen molar-refractivity contribution in [2.24, 2.45) is 0 Å². The first-order chi connectivity index (χ1) is 9.60. The molecule has 0 amide bonds. The lowest BCUT2D eigenvalue weighted by molar-refractivity contribution is 0.304. The number of aryl methyl sites for hydroxylation is 3. The van der Waals surface area contributed by atoms with E-state index in [0.29, 0.717) is 6.61 Å². The number of nitrogens with one attached hydrogen (secondary N) is 1. The molecule has 1 aromatic carbocycles. The van der Waals surface area contributed by atoms with E-state index in [1.165, 1.54) is 26.4 Å². The summed E-state index contributed by atoms with van der Waals surface area (Å²) in [6.45, 7) is 11.1. The Morgan fingerprint density at radius 2 is 1.95 bits per heavy atom. The third-order valence-corrected chi connectivity index (χ3v) is 4.43. The molecule has 108 valence electrons. The number of benzene rings is 1. The normalized spacial score (nSPS) is 10.8. The van der Waals surface area contributed by atoms with Gasteiger partial charge >= 0.3 is 0 Å². The van der Waals surface area contributed by atoms with Crippen LogP contribution in [0.25, 0.3) is 0 Å². The third-order valence-electron chi connectivity index (χ3n) is 3.33. The summed E-state index contributed by atoms with van der Waals surface area (Å²) in [6, 6.07) is 8.57. The van der Waals surface area contributed by atoms with Crippen molar-refractivity contribution in [2.75, 3.05) is 6.54 Å². The molecular weight excluding hydrogens is 266 g/mol. The predicted molar refractivity (Wildman–Crippen MR) is 86.7 cm³/mol. The third kappa shape index (κ3) is 3.84. The average Bonchev–Trinajstić information content (AvgIpc) is 2.76. The first-order valence-corrected chi connectivity index (χ1v) is 7.90. The minimum atomic E-state index is 0.651. The Balaban J connectivity index is 2.01. The van der Waals surface area contributed by atoms with Gasteiger partial charge in [-0.05, 0) is 45.0 Å². The van der Waals surface area contributed by atoms with Crippen LogP contribution >= 0.6 is 11.3 Å². The van der Waals surface area contributed by atoms with E-state index in [1.807, 2.05) is 11.3 Å². The summed E-state index contributed by atoms with van der Waals surface area (Å²) >= 11 is 1.85. The molecule has 1 N–H and O–H groups in total. The summed E-state index contributed by atoms with van der Waals surface area (Å²) in [6.07, 6.45) is 0. The van der Waals surface area contributed by atoms with Crippen molar-refractivity contribution in [3.8, 4) is 5.75 Å². The van der Waals surface area contributed by atoms with E-state index in [0.717, 1.165) is 18.8 Å². The van der Waals surface area contributed by atoms with Gasteiger partial charge in [-0.3, -0.25) is 0 Å².